The number of ether oxygens (including phenoxy) is 1. The Morgan fingerprint density at radius 2 is 2.18 bits per heavy atom. The molecule has 3 nitrogen and oxygen atoms in total. The first-order chi connectivity index (χ1) is 8.43. The monoisotopic (exact) mass is 246 g/mol. The molecule has 4 heteroatoms. The quantitative estimate of drug-likeness (QED) is 0.884. The molecule has 0 radical (unpaired) electrons. The molecule has 3 rings (SSSR count). The highest BCUT2D eigenvalue weighted by atomic mass is 32.1. The molecule has 1 aliphatic heterocycles. The maximum atomic E-state index is 5.70. The molecular formula is C13H14N2OS. The van der Waals surface area contributed by atoms with Gasteiger partial charge in [-0.05, 0) is 0 Å². The van der Waals surface area contributed by atoms with Crippen molar-refractivity contribution < 1.29 is 4.74 Å². The number of aromatic nitrogens is 1. The SMILES string of the molecule is c1ccc(-c2csc(C3CNCCO3)n2)cc1. The van der Waals surface area contributed by atoms with Crippen molar-refractivity contribution in [2.75, 3.05) is 19.7 Å². The van der Waals surface area contributed by atoms with Gasteiger partial charge in [0.2, 0.25) is 0 Å². The number of thiazole rings is 1. The van der Waals surface area contributed by atoms with Crippen molar-refractivity contribution in [2.45, 2.75) is 6.10 Å². The van der Waals surface area contributed by atoms with Crippen LogP contribution in [0, 0.1) is 0 Å². The molecule has 0 aliphatic carbocycles. The van der Waals surface area contributed by atoms with E-state index >= 15 is 0 Å². The highest BCUT2D eigenvalue weighted by molar-refractivity contribution is 7.10. The fourth-order valence-electron chi connectivity index (χ4n) is 1.90. The summed E-state index contributed by atoms with van der Waals surface area (Å²) in [4.78, 5) is 4.66. The molecule has 0 amide bonds. The summed E-state index contributed by atoms with van der Waals surface area (Å²) in [6.45, 7) is 2.57. The Morgan fingerprint density at radius 1 is 1.29 bits per heavy atom. The van der Waals surface area contributed by atoms with Crippen molar-refractivity contribution in [3.05, 3.63) is 40.7 Å². The summed E-state index contributed by atoms with van der Waals surface area (Å²) in [5.74, 6) is 0. The lowest BCUT2D eigenvalue weighted by Crippen LogP contribution is -2.33. The summed E-state index contributed by atoms with van der Waals surface area (Å²) in [6, 6.07) is 10.3. The van der Waals surface area contributed by atoms with Crippen molar-refractivity contribution in [3.63, 3.8) is 0 Å². The van der Waals surface area contributed by atoms with Gasteiger partial charge in [-0.1, -0.05) is 30.3 Å². The first kappa shape index (κ1) is 10.9. The van der Waals surface area contributed by atoms with Gasteiger partial charge in [-0.2, -0.15) is 0 Å². The Morgan fingerprint density at radius 3 is 2.94 bits per heavy atom. The Labute approximate surface area is 104 Å². The standard InChI is InChI=1S/C13H14N2OS/c1-2-4-10(5-3-1)11-9-17-13(15-11)12-8-14-6-7-16-12/h1-5,9,12,14H,6-8H2. The number of hydrogen-bond acceptors (Lipinski definition) is 4. The molecule has 17 heavy (non-hydrogen) atoms. The molecule has 88 valence electrons. The smallest absolute Gasteiger partial charge is 0.124 e. The van der Waals surface area contributed by atoms with Gasteiger partial charge in [0, 0.05) is 24.0 Å². The Hall–Kier alpha value is -1.23. The van der Waals surface area contributed by atoms with Crippen molar-refractivity contribution in [1.29, 1.82) is 0 Å². The van der Waals surface area contributed by atoms with Crippen molar-refractivity contribution in [2.24, 2.45) is 0 Å². The van der Waals surface area contributed by atoms with Crippen LogP contribution in [0.3, 0.4) is 0 Å². The second kappa shape index (κ2) is 4.96. The molecule has 1 aromatic carbocycles. The number of nitrogens with zero attached hydrogens (tertiary/aromatic N) is 1. The minimum Gasteiger partial charge on any atom is -0.368 e. The fraction of sp³-hybridized carbons (Fsp3) is 0.308. The van der Waals surface area contributed by atoms with Crippen LogP contribution < -0.4 is 5.32 Å². The van der Waals surface area contributed by atoms with Crippen LogP contribution in [0.1, 0.15) is 11.1 Å². The third-order valence-corrected chi connectivity index (χ3v) is 3.73. The molecule has 1 saturated heterocycles. The lowest BCUT2D eigenvalue weighted by Gasteiger charge is -2.21. The van der Waals surface area contributed by atoms with E-state index in [1.165, 1.54) is 5.56 Å². The van der Waals surface area contributed by atoms with Crippen LogP contribution in [0.25, 0.3) is 11.3 Å². The van der Waals surface area contributed by atoms with E-state index in [1.54, 1.807) is 11.3 Å². The Balaban J connectivity index is 1.83. The van der Waals surface area contributed by atoms with Crippen LogP contribution >= 0.6 is 11.3 Å². The van der Waals surface area contributed by atoms with Crippen molar-refractivity contribution in [1.82, 2.24) is 10.3 Å². The molecule has 1 atom stereocenters. The minimum atomic E-state index is 0.117. The molecule has 1 aromatic heterocycles. The lowest BCUT2D eigenvalue weighted by atomic mass is 10.2. The molecule has 1 aliphatic rings. The van der Waals surface area contributed by atoms with Crippen LogP contribution in [0.2, 0.25) is 0 Å². The summed E-state index contributed by atoms with van der Waals surface area (Å²) in [6.07, 6.45) is 0.117. The predicted octanol–water partition coefficient (Wildman–Crippen LogP) is 2.47. The zero-order valence-electron chi connectivity index (χ0n) is 9.43. The number of benzene rings is 1. The topological polar surface area (TPSA) is 34.1 Å². The maximum Gasteiger partial charge on any atom is 0.124 e. The molecule has 1 fully saturated rings. The maximum absolute atomic E-state index is 5.70. The van der Waals surface area contributed by atoms with Crippen LogP contribution in [-0.4, -0.2) is 24.7 Å². The normalized spacial score (nSPS) is 20.4. The average molecular weight is 246 g/mol. The summed E-state index contributed by atoms with van der Waals surface area (Å²) in [7, 11) is 0. The average Bonchev–Trinajstić information content (AvgIpc) is 2.90. The van der Waals surface area contributed by atoms with Gasteiger partial charge in [-0.15, -0.1) is 11.3 Å². The molecule has 1 N–H and O–H groups in total. The van der Waals surface area contributed by atoms with Crippen LogP contribution in [-0.2, 0) is 4.74 Å². The van der Waals surface area contributed by atoms with E-state index in [4.69, 9.17) is 4.74 Å². The largest absolute Gasteiger partial charge is 0.368 e. The highest BCUT2D eigenvalue weighted by Gasteiger charge is 2.19. The second-order valence-electron chi connectivity index (χ2n) is 4.00. The molecule has 0 bridgehead atoms. The van der Waals surface area contributed by atoms with E-state index in [2.05, 4.69) is 27.8 Å². The van der Waals surface area contributed by atoms with E-state index in [-0.39, 0.29) is 6.10 Å². The van der Waals surface area contributed by atoms with E-state index in [1.807, 2.05) is 18.2 Å². The lowest BCUT2D eigenvalue weighted by molar-refractivity contribution is 0.0276. The minimum absolute atomic E-state index is 0.117. The van der Waals surface area contributed by atoms with E-state index < -0.39 is 0 Å². The highest BCUT2D eigenvalue weighted by Crippen LogP contribution is 2.27. The third-order valence-electron chi connectivity index (χ3n) is 2.79. The number of morpholine rings is 1. The first-order valence-electron chi connectivity index (χ1n) is 5.76. The van der Waals surface area contributed by atoms with E-state index in [9.17, 15) is 0 Å². The van der Waals surface area contributed by atoms with Crippen LogP contribution in [0.5, 0.6) is 0 Å². The Bertz CT molecular complexity index is 477. The zero-order valence-corrected chi connectivity index (χ0v) is 10.2. The number of rotatable bonds is 2. The van der Waals surface area contributed by atoms with Gasteiger partial charge in [0.05, 0.1) is 12.3 Å². The van der Waals surface area contributed by atoms with Gasteiger partial charge in [-0.3, -0.25) is 0 Å². The predicted molar refractivity (Wildman–Crippen MR) is 69.1 cm³/mol. The van der Waals surface area contributed by atoms with Gasteiger partial charge in [0.1, 0.15) is 11.1 Å². The van der Waals surface area contributed by atoms with Gasteiger partial charge in [-0.25, -0.2) is 4.98 Å². The zero-order chi connectivity index (χ0) is 11.5. The summed E-state index contributed by atoms with van der Waals surface area (Å²) < 4.78 is 5.70. The van der Waals surface area contributed by atoms with Crippen LogP contribution in [0.4, 0.5) is 0 Å². The summed E-state index contributed by atoms with van der Waals surface area (Å²) in [5.41, 5.74) is 2.21. The number of hydrogen-bond donors (Lipinski definition) is 1. The van der Waals surface area contributed by atoms with Crippen molar-refractivity contribution >= 4 is 11.3 Å². The molecule has 0 spiro atoms. The molecular weight excluding hydrogens is 232 g/mol. The van der Waals surface area contributed by atoms with Gasteiger partial charge in [0.25, 0.3) is 0 Å². The van der Waals surface area contributed by atoms with E-state index in [0.29, 0.717) is 0 Å². The molecule has 0 saturated carbocycles. The fourth-order valence-corrected chi connectivity index (χ4v) is 2.78. The molecule has 1 unspecified atom stereocenters. The molecule has 2 aromatic rings. The van der Waals surface area contributed by atoms with Gasteiger partial charge < -0.3 is 10.1 Å². The summed E-state index contributed by atoms with van der Waals surface area (Å²) in [5, 5.41) is 6.49. The van der Waals surface area contributed by atoms with Gasteiger partial charge in [0.15, 0.2) is 0 Å². The first-order valence-corrected chi connectivity index (χ1v) is 6.64. The van der Waals surface area contributed by atoms with Crippen molar-refractivity contribution in [3.8, 4) is 11.3 Å². The Kier molecular flexibility index (Phi) is 3.18. The van der Waals surface area contributed by atoms with Gasteiger partial charge >= 0.3 is 0 Å². The number of nitrogens with one attached hydrogen (secondary N) is 1. The third kappa shape index (κ3) is 2.39. The van der Waals surface area contributed by atoms with E-state index in [0.717, 1.165) is 30.4 Å². The summed E-state index contributed by atoms with van der Waals surface area (Å²) >= 11 is 1.67. The molecule has 2 heterocycles. The van der Waals surface area contributed by atoms with Crippen LogP contribution in [0.15, 0.2) is 35.7 Å². The second-order valence-corrected chi connectivity index (χ2v) is 4.89.